The van der Waals surface area contributed by atoms with Gasteiger partial charge in [0.15, 0.2) is 11.6 Å². The Hall–Kier alpha value is -2.74. The zero-order valence-electron chi connectivity index (χ0n) is 16.9. The minimum absolute atomic E-state index is 0.288. The second kappa shape index (κ2) is 8.78. The first kappa shape index (κ1) is 21.5. The number of hydrazine groups is 1. The Balaban J connectivity index is 1.61. The summed E-state index contributed by atoms with van der Waals surface area (Å²) in [5.41, 5.74) is 3.31. The topological polar surface area (TPSA) is 83.6 Å². The first-order chi connectivity index (χ1) is 14.9. The molecule has 2 N–H and O–H groups in total. The van der Waals surface area contributed by atoms with Crippen LogP contribution in [0.15, 0.2) is 24.3 Å². The van der Waals surface area contributed by atoms with Gasteiger partial charge >= 0.3 is 0 Å². The quantitative estimate of drug-likeness (QED) is 0.699. The lowest BCUT2D eigenvalue weighted by atomic mass is 10.0. The highest BCUT2D eigenvalue weighted by Gasteiger charge is 2.28. The Morgan fingerprint density at radius 1 is 1.16 bits per heavy atom. The van der Waals surface area contributed by atoms with Crippen molar-refractivity contribution in [1.82, 2.24) is 10.4 Å². The van der Waals surface area contributed by atoms with E-state index >= 15 is 0 Å². The van der Waals surface area contributed by atoms with Crippen LogP contribution in [0.5, 0.6) is 0 Å². The zero-order valence-corrected chi connectivity index (χ0v) is 17.7. The largest absolute Gasteiger partial charge is 0.280 e. The highest BCUT2D eigenvalue weighted by atomic mass is 32.2. The van der Waals surface area contributed by atoms with Gasteiger partial charge in [0.05, 0.1) is 23.6 Å². The summed E-state index contributed by atoms with van der Waals surface area (Å²) >= 11 is 0. The van der Waals surface area contributed by atoms with Crippen LogP contribution in [0.2, 0.25) is 0 Å². The van der Waals surface area contributed by atoms with Gasteiger partial charge in [-0.2, -0.15) is 5.17 Å². The Labute approximate surface area is 179 Å². The van der Waals surface area contributed by atoms with Gasteiger partial charge in [-0.1, -0.05) is 31.2 Å². The van der Waals surface area contributed by atoms with Gasteiger partial charge in [-0.05, 0) is 37.0 Å². The van der Waals surface area contributed by atoms with Gasteiger partial charge in [0.2, 0.25) is 10.0 Å². The Morgan fingerprint density at radius 2 is 1.94 bits per heavy atom. The van der Waals surface area contributed by atoms with E-state index in [1.807, 2.05) is 0 Å². The number of pyridine rings is 1. The highest BCUT2D eigenvalue weighted by Crippen LogP contribution is 2.28. The molecule has 0 atom stereocenters. The fraction of sp³-hybridized carbons (Fsp3) is 0.381. The van der Waals surface area contributed by atoms with E-state index < -0.39 is 32.5 Å². The smallest absolute Gasteiger partial charge is 0.235 e. The third-order valence-corrected chi connectivity index (χ3v) is 7.25. The molecule has 1 fully saturated rings. The lowest BCUT2D eigenvalue weighted by Crippen LogP contribution is -2.31. The standard InChI is InChI=1S/C21H22F2N4O3S/c1-30-27-21-14(13-24-27)7-8-15(25-21)9-10-17-18(22)11-12-19(20(17)23)26-31(28,29)16-5-3-2-4-6-16/h7-8,11-12,16,24,26H,2-6,13H2,1H3. The van der Waals surface area contributed by atoms with E-state index in [0.717, 1.165) is 37.0 Å². The van der Waals surface area contributed by atoms with Gasteiger partial charge in [-0.3, -0.25) is 9.56 Å². The molecule has 1 aromatic carbocycles. The molecule has 4 rings (SSSR count). The molecule has 0 bridgehead atoms. The van der Waals surface area contributed by atoms with Gasteiger partial charge in [-0.15, -0.1) is 0 Å². The molecule has 0 spiro atoms. The van der Waals surface area contributed by atoms with Crippen LogP contribution >= 0.6 is 0 Å². The van der Waals surface area contributed by atoms with Crippen molar-refractivity contribution in [3.05, 3.63) is 52.7 Å². The van der Waals surface area contributed by atoms with E-state index in [1.165, 1.54) is 12.3 Å². The van der Waals surface area contributed by atoms with Crippen LogP contribution in [-0.4, -0.2) is 25.8 Å². The number of sulfonamides is 1. The number of benzene rings is 1. The van der Waals surface area contributed by atoms with Crippen LogP contribution in [-0.2, 0) is 21.4 Å². The van der Waals surface area contributed by atoms with Crippen molar-refractivity contribution in [3.8, 4) is 11.8 Å². The van der Waals surface area contributed by atoms with Crippen molar-refractivity contribution in [2.24, 2.45) is 0 Å². The fourth-order valence-electron chi connectivity index (χ4n) is 3.73. The average molecular weight is 448 g/mol. The molecule has 2 heterocycles. The van der Waals surface area contributed by atoms with E-state index in [0.29, 0.717) is 25.2 Å². The van der Waals surface area contributed by atoms with Gasteiger partial charge in [0, 0.05) is 12.1 Å². The predicted molar refractivity (Wildman–Crippen MR) is 112 cm³/mol. The van der Waals surface area contributed by atoms with E-state index in [9.17, 15) is 17.2 Å². The predicted octanol–water partition coefficient (Wildman–Crippen LogP) is 3.22. The highest BCUT2D eigenvalue weighted by molar-refractivity contribution is 7.93. The van der Waals surface area contributed by atoms with E-state index in [1.54, 1.807) is 12.1 Å². The zero-order chi connectivity index (χ0) is 22.0. The number of anilines is 2. The van der Waals surface area contributed by atoms with Gasteiger partial charge in [0.1, 0.15) is 11.5 Å². The molecule has 2 aromatic rings. The second-order valence-corrected chi connectivity index (χ2v) is 9.39. The van der Waals surface area contributed by atoms with E-state index in [-0.39, 0.29) is 11.4 Å². The minimum atomic E-state index is -3.77. The van der Waals surface area contributed by atoms with Crippen LogP contribution in [0.3, 0.4) is 0 Å². The molecular weight excluding hydrogens is 426 g/mol. The van der Waals surface area contributed by atoms with Crippen LogP contribution in [0.1, 0.15) is 48.9 Å². The summed E-state index contributed by atoms with van der Waals surface area (Å²) in [6.45, 7) is 0.538. The lowest BCUT2D eigenvalue weighted by Gasteiger charge is -2.22. The molecule has 1 aliphatic heterocycles. The first-order valence-corrected chi connectivity index (χ1v) is 11.5. The van der Waals surface area contributed by atoms with Crippen molar-refractivity contribution in [2.75, 3.05) is 17.0 Å². The summed E-state index contributed by atoms with van der Waals surface area (Å²) in [7, 11) is -2.29. The SMILES string of the molecule is CON1NCc2ccc(C#Cc3c(F)ccc(NS(=O)(=O)C4CCCCC4)c3F)nc21. The third kappa shape index (κ3) is 4.49. The van der Waals surface area contributed by atoms with Crippen LogP contribution < -0.4 is 15.3 Å². The maximum atomic E-state index is 14.9. The summed E-state index contributed by atoms with van der Waals surface area (Å²) in [4.78, 5) is 9.46. The lowest BCUT2D eigenvalue weighted by molar-refractivity contribution is 0.140. The summed E-state index contributed by atoms with van der Waals surface area (Å²) in [5.74, 6) is 3.68. The second-order valence-electron chi connectivity index (χ2n) is 7.43. The minimum Gasteiger partial charge on any atom is -0.280 e. The van der Waals surface area contributed by atoms with Crippen molar-refractivity contribution < 1.29 is 22.0 Å². The molecule has 0 unspecified atom stereocenters. The summed E-state index contributed by atoms with van der Waals surface area (Å²) < 4.78 is 56.7. The summed E-state index contributed by atoms with van der Waals surface area (Å²) in [5, 5.41) is 0.802. The molecule has 0 radical (unpaired) electrons. The van der Waals surface area contributed by atoms with E-state index in [4.69, 9.17) is 4.84 Å². The van der Waals surface area contributed by atoms with Crippen LogP contribution in [0.25, 0.3) is 0 Å². The Bertz CT molecular complexity index is 1160. The summed E-state index contributed by atoms with van der Waals surface area (Å²) in [6.07, 6.45) is 3.69. The van der Waals surface area contributed by atoms with Crippen molar-refractivity contribution in [3.63, 3.8) is 0 Å². The molecule has 10 heteroatoms. The number of halogens is 2. The normalized spacial score (nSPS) is 16.5. The number of rotatable bonds is 4. The van der Waals surface area contributed by atoms with E-state index in [2.05, 4.69) is 27.0 Å². The maximum Gasteiger partial charge on any atom is 0.235 e. The molecule has 164 valence electrons. The van der Waals surface area contributed by atoms with Crippen LogP contribution in [0, 0.1) is 23.5 Å². The maximum absolute atomic E-state index is 14.9. The average Bonchev–Trinajstić information content (AvgIpc) is 3.18. The molecule has 1 aliphatic carbocycles. The van der Waals surface area contributed by atoms with Gasteiger partial charge in [-0.25, -0.2) is 27.6 Å². The molecule has 2 aliphatic rings. The molecule has 0 saturated heterocycles. The molecule has 1 aromatic heterocycles. The molecule has 31 heavy (non-hydrogen) atoms. The monoisotopic (exact) mass is 448 g/mol. The van der Waals surface area contributed by atoms with Crippen molar-refractivity contribution >= 4 is 21.5 Å². The number of nitrogens with zero attached hydrogens (tertiary/aromatic N) is 2. The van der Waals surface area contributed by atoms with Crippen LogP contribution in [0.4, 0.5) is 20.3 Å². The summed E-state index contributed by atoms with van der Waals surface area (Å²) in [6, 6.07) is 5.50. The molecular formula is C21H22F2N4O3S. The number of hydrogen-bond donors (Lipinski definition) is 2. The Kier molecular flexibility index (Phi) is 6.09. The fourth-order valence-corrected chi connectivity index (χ4v) is 5.31. The van der Waals surface area contributed by atoms with Crippen molar-refractivity contribution in [1.29, 1.82) is 0 Å². The first-order valence-electron chi connectivity index (χ1n) is 9.98. The molecule has 1 saturated carbocycles. The molecule has 7 nitrogen and oxygen atoms in total. The van der Waals surface area contributed by atoms with Gasteiger partial charge < -0.3 is 0 Å². The Morgan fingerprint density at radius 3 is 2.68 bits per heavy atom. The van der Waals surface area contributed by atoms with Crippen molar-refractivity contribution in [2.45, 2.75) is 43.9 Å². The number of nitrogens with one attached hydrogen (secondary N) is 2. The third-order valence-electron chi connectivity index (χ3n) is 5.39. The number of hydrogen-bond acceptors (Lipinski definition) is 6. The molecule has 0 amide bonds. The number of aromatic nitrogens is 1. The van der Waals surface area contributed by atoms with Gasteiger partial charge in [0.25, 0.3) is 0 Å². The number of fused-ring (bicyclic) bond motifs is 1.